The molecule has 3 rings (SSSR count). The fraction of sp³-hybridized carbons (Fsp3) is 0.333. The highest BCUT2D eigenvalue weighted by atomic mass is 16.5. The van der Waals surface area contributed by atoms with Gasteiger partial charge in [0.1, 0.15) is 12.3 Å². The maximum Gasteiger partial charge on any atom is 0.547 e. The van der Waals surface area contributed by atoms with Gasteiger partial charge in [0.2, 0.25) is 5.91 Å². The molecular weight excluding hydrogens is 343 g/mol. The molecule has 1 aromatic carbocycles. The Balaban J connectivity index is 1.62. The van der Waals surface area contributed by atoms with E-state index in [0.29, 0.717) is 12.0 Å². The van der Waals surface area contributed by atoms with Gasteiger partial charge in [0, 0.05) is 24.9 Å². The topological polar surface area (TPSA) is 143 Å². The van der Waals surface area contributed by atoms with E-state index in [1.165, 1.54) is 11.1 Å². The molecule has 0 aromatic heterocycles. The normalized spacial score (nSPS) is 18.5. The van der Waals surface area contributed by atoms with Gasteiger partial charge in [0.25, 0.3) is 0 Å². The van der Waals surface area contributed by atoms with Gasteiger partial charge in [0.15, 0.2) is 0 Å². The number of fused-ring (bicyclic) bond motifs is 1. The Hall–Kier alpha value is -2.76. The minimum Gasteiger partial charge on any atom is -0.534 e. The molecule has 2 aliphatic rings. The number of aromatic carboxylic acids is 1. The quantitative estimate of drug-likeness (QED) is 0.329. The number of nitrogens with one attached hydrogen (secondary N) is 3. The maximum absolute atomic E-state index is 12.2. The van der Waals surface area contributed by atoms with E-state index in [2.05, 4.69) is 16.3 Å². The van der Waals surface area contributed by atoms with Crippen LogP contribution < -0.4 is 20.9 Å². The zero-order valence-corrected chi connectivity index (χ0v) is 13.8. The van der Waals surface area contributed by atoms with Gasteiger partial charge in [-0.15, -0.1) is 5.53 Å². The van der Waals surface area contributed by atoms with Crippen LogP contribution in [-0.2, 0) is 11.2 Å². The largest absolute Gasteiger partial charge is 0.547 e. The second kappa shape index (κ2) is 7.64. The summed E-state index contributed by atoms with van der Waals surface area (Å²) >= 11 is 0. The molecule has 1 atom stereocenters. The number of carboxylic acids is 1. The standard InChI is InChI=1S/C15H19BN4O6/c21-5-4-10-7-20(19-18-10)8-13(22)17-12-6-9-2-1-3-11(15(23)24)14(9)26-16(12)25/h1-3,7,12,18-19,21,25H,4-6,8H2,(H,17,22)(H,23,24)/t12-/m0/s1. The van der Waals surface area contributed by atoms with Crippen molar-refractivity contribution >= 4 is 19.0 Å². The third-order valence-electron chi connectivity index (χ3n) is 4.06. The van der Waals surface area contributed by atoms with Crippen LogP contribution in [0.2, 0.25) is 0 Å². The summed E-state index contributed by atoms with van der Waals surface area (Å²) in [5.74, 6) is -2.07. The lowest BCUT2D eigenvalue weighted by atomic mass is 9.72. The van der Waals surface area contributed by atoms with E-state index in [1.807, 2.05) is 0 Å². The smallest absolute Gasteiger partial charge is 0.534 e. The van der Waals surface area contributed by atoms with Gasteiger partial charge in [-0.2, -0.15) is 0 Å². The maximum atomic E-state index is 12.2. The first-order valence-corrected chi connectivity index (χ1v) is 8.07. The Labute approximate surface area is 149 Å². The van der Waals surface area contributed by atoms with Crippen LogP contribution in [0.1, 0.15) is 22.3 Å². The minimum absolute atomic E-state index is 0.0100. The van der Waals surface area contributed by atoms with Crippen LogP contribution in [0.15, 0.2) is 30.1 Å². The number of nitrogens with zero attached hydrogens (tertiary/aromatic N) is 1. The molecule has 0 saturated carbocycles. The highest BCUT2D eigenvalue weighted by Gasteiger charge is 2.37. The van der Waals surface area contributed by atoms with Crippen LogP contribution in [-0.4, -0.2) is 58.3 Å². The van der Waals surface area contributed by atoms with Crippen LogP contribution in [0.25, 0.3) is 0 Å². The Morgan fingerprint density at radius 1 is 1.42 bits per heavy atom. The molecule has 138 valence electrons. The van der Waals surface area contributed by atoms with Gasteiger partial charge in [-0.05, 0) is 18.1 Å². The summed E-state index contributed by atoms with van der Waals surface area (Å²) in [4.78, 5) is 23.4. The number of rotatable bonds is 6. The minimum atomic E-state index is -1.35. The van der Waals surface area contributed by atoms with E-state index >= 15 is 0 Å². The van der Waals surface area contributed by atoms with E-state index in [4.69, 9.17) is 9.76 Å². The fourth-order valence-electron chi connectivity index (χ4n) is 2.85. The average molecular weight is 362 g/mol. The number of carboxylic acid groups (broad SMARTS) is 1. The molecule has 26 heavy (non-hydrogen) atoms. The van der Waals surface area contributed by atoms with Crippen molar-refractivity contribution in [3.05, 3.63) is 41.2 Å². The van der Waals surface area contributed by atoms with E-state index in [9.17, 15) is 19.7 Å². The monoisotopic (exact) mass is 362 g/mol. The first-order chi connectivity index (χ1) is 12.5. The predicted molar refractivity (Wildman–Crippen MR) is 90.4 cm³/mol. The van der Waals surface area contributed by atoms with Crippen molar-refractivity contribution in [2.24, 2.45) is 0 Å². The third-order valence-corrected chi connectivity index (χ3v) is 4.06. The summed E-state index contributed by atoms with van der Waals surface area (Å²) in [6.45, 7) is -0.0307. The van der Waals surface area contributed by atoms with Crippen molar-refractivity contribution in [2.75, 3.05) is 13.2 Å². The molecule has 10 nitrogen and oxygen atoms in total. The molecule has 0 fully saturated rings. The number of hydrogen-bond donors (Lipinski definition) is 6. The van der Waals surface area contributed by atoms with Gasteiger partial charge in [-0.25, -0.2) is 4.79 Å². The molecule has 0 aliphatic carbocycles. The molecule has 6 N–H and O–H groups in total. The van der Waals surface area contributed by atoms with Crippen LogP contribution in [0.5, 0.6) is 5.75 Å². The van der Waals surface area contributed by atoms with Crippen molar-refractivity contribution in [2.45, 2.75) is 18.8 Å². The Morgan fingerprint density at radius 2 is 2.23 bits per heavy atom. The molecule has 0 unspecified atom stereocenters. The lowest BCUT2D eigenvalue weighted by molar-refractivity contribution is -0.122. The first-order valence-electron chi connectivity index (χ1n) is 8.07. The molecule has 1 amide bonds. The van der Waals surface area contributed by atoms with Gasteiger partial charge >= 0.3 is 13.1 Å². The highest BCUT2D eigenvalue weighted by Crippen LogP contribution is 2.30. The average Bonchev–Trinajstić information content (AvgIpc) is 3.02. The molecule has 0 saturated heterocycles. The lowest BCUT2D eigenvalue weighted by Crippen LogP contribution is -2.55. The number of amides is 1. The number of aliphatic hydroxyl groups is 1. The number of carbonyl (C=O) groups is 2. The summed E-state index contributed by atoms with van der Waals surface area (Å²) in [6.07, 6.45) is 2.35. The van der Waals surface area contributed by atoms with Crippen LogP contribution >= 0.6 is 0 Å². The summed E-state index contributed by atoms with van der Waals surface area (Å²) in [6, 6.07) is 4.69. The second-order valence-electron chi connectivity index (χ2n) is 5.98. The van der Waals surface area contributed by atoms with Gasteiger partial charge in [-0.1, -0.05) is 12.1 Å². The SMILES string of the molecule is O=C(CN1C=C(CCO)NN1)N[C@H]1Cc2cccc(C(=O)O)c2OB1O. The molecule has 0 spiro atoms. The third kappa shape index (κ3) is 3.90. The number of benzene rings is 1. The van der Waals surface area contributed by atoms with Crippen molar-refractivity contribution in [1.29, 1.82) is 0 Å². The van der Waals surface area contributed by atoms with E-state index in [1.54, 1.807) is 18.3 Å². The number of hydrogen-bond acceptors (Lipinski definition) is 8. The molecule has 0 radical (unpaired) electrons. The van der Waals surface area contributed by atoms with Gasteiger partial charge in [-0.3, -0.25) is 9.80 Å². The van der Waals surface area contributed by atoms with Gasteiger partial charge in [0.05, 0.1) is 11.5 Å². The predicted octanol–water partition coefficient (Wildman–Crippen LogP) is -1.63. The molecular formula is C15H19BN4O6. The summed E-state index contributed by atoms with van der Waals surface area (Å²) in [5, 5.41) is 32.4. The van der Waals surface area contributed by atoms with Gasteiger partial charge < -0.3 is 30.6 Å². The van der Waals surface area contributed by atoms with Crippen LogP contribution in [0, 0.1) is 0 Å². The Kier molecular flexibility index (Phi) is 5.31. The number of para-hydroxylation sites is 1. The fourth-order valence-corrected chi connectivity index (χ4v) is 2.85. The van der Waals surface area contributed by atoms with Crippen LogP contribution in [0.4, 0.5) is 0 Å². The van der Waals surface area contributed by atoms with E-state index < -0.39 is 19.0 Å². The summed E-state index contributed by atoms with van der Waals surface area (Å²) < 4.78 is 5.34. The van der Waals surface area contributed by atoms with E-state index in [-0.39, 0.29) is 36.8 Å². The van der Waals surface area contributed by atoms with Crippen LogP contribution in [0.3, 0.4) is 0 Å². The summed E-state index contributed by atoms with van der Waals surface area (Å²) in [7, 11) is -1.35. The molecule has 2 aliphatic heterocycles. The van der Waals surface area contributed by atoms with Crippen molar-refractivity contribution in [3.8, 4) is 5.75 Å². The number of aliphatic hydroxyl groups excluding tert-OH is 1. The van der Waals surface area contributed by atoms with Crippen molar-refractivity contribution < 1.29 is 29.5 Å². The zero-order valence-electron chi connectivity index (χ0n) is 13.8. The zero-order chi connectivity index (χ0) is 18.7. The Morgan fingerprint density at radius 3 is 2.96 bits per heavy atom. The molecule has 0 bridgehead atoms. The lowest BCUT2D eigenvalue weighted by Gasteiger charge is -2.29. The molecule has 1 aromatic rings. The summed E-state index contributed by atoms with van der Waals surface area (Å²) in [5.41, 5.74) is 6.91. The Bertz CT molecular complexity index is 743. The van der Waals surface area contributed by atoms with E-state index in [0.717, 1.165) is 5.70 Å². The molecule has 11 heteroatoms. The highest BCUT2D eigenvalue weighted by molar-refractivity contribution is 6.47. The van der Waals surface area contributed by atoms with Crippen molar-refractivity contribution in [3.63, 3.8) is 0 Å². The number of hydrazine groups is 2. The van der Waals surface area contributed by atoms with Crippen molar-refractivity contribution in [1.82, 2.24) is 21.3 Å². The molecule has 2 heterocycles. The number of carbonyl (C=O) groups excluding carboxylic acids is 1. The second-order valence-corrected chi connectivity index (χ2v) is 5.98. The first kappa shape index (κ1) is 18.0.